The molecule has 1 aliphatic carbocycles. The van der Waals surface area contributed by atoms with Gasteiger partial charge in [-0.15, -0.1) is 0 Å². The smallest absolute Gasteiger partial charge is 0.0503 e. The minimum absolute atomic E-state index is 0.372. The van der Waals surface area contributed by atoms with E-state index in [2.05, 4.69) is 25.7 Å². The van der Waals surface area contributed by atoms with E-state index in [1.165, 1.54) is 38.9 Å². The standard InChI is InChI=1S/C16H32N2O/c1-12-15(17)6-5-14(16(12,2)3)10-18-8-7-13(9-18)11-19-4/h12-15H,5-11,17H2,1-4H3. The van der Waals surface area contributed by atoms with Gasteiger partial charge in [0.25, 0.3) is 0 Å². The fourth-order valence-electron chi connectivity index (χ4n) is 4.03. The number of hydrogen-bond donors (Lipinski definition) is 1. The summed E-state index contributed by atoms with van der Waals surface area (Å²) >= 11 is 0. The van der Waals surface area contributed by atoms with E-state index < -0.39 is 0 Å². The summed E-state index contributed by atoms with van der Waals surface area (Å²) in [6, 6.07) is 0.395. The highest BCUT2D eigenvalue weighted by Crippen LogP contribution is 2.44. The molecule has 0 aromatic heterocycles. The molecule has 2 rings (SSSR count). The van der Waals surface area contributed by atoms with Gasteiger partial charge in [0.2, 0.25) is 0 Å². The first-order chi connectivity index (χ1) is 8.95. The second kappa shape index (κ2) is 6.11. The molecule has 1 saturated heterocycles. The van der Waals surface area contributed by atoms with Gasteiger partial charge in [0.05, 0.1) is 6.61 Å². The molecule has 0 amide bonds. The predicted octanol–water partition coefficient (Wildman–Crippen LogP) is 2.35. The molecule has 2 fully saturated rings. The molecular formula is C16H32N2O. The van der Waals surface area contributed by atoms with Crippen molar-refractivity contribution in [3.8, 4) is 0 Å². The fraction of sp³-hybridized carbons (Fsp3) is 1.00. The third-order valence-electron chi connectivity index (χ3n) is 5.97. The first-order valence-electron chi connectivity index (χ1n) is 7.92. The minimum Gasteiger partial charge on any atom is -0.384 e. The summed E-state index contributed by atoms with van der Waals surface area (Å²) in [5.41, 5.74) is 6.63. The van der Waals surface area contributed by atoms with E-state index in [1.54, 1.807) is 0 Å². The van der Waals surface area contributed by atoms with Crippen LogP contribution in [0.1, 0.15) is 40.0 Å². The molecule has 3 heteroatoms. The van der Waals surface area contributed by atoms with Gasteiger partial charge >= 0.3 is 0 Å². The Kier molecular flexibility index (Phi) is 4.91. The van der Waals surface area contributed by atoms with Gasteiger partial charge < -0.3 is 15.4 Å². The van der Waals surface area contributed by atoms with Crippen LogP contribution in [0.4, 0.5) is 0 Å². The summed E-state index contributed by atoms with van der Waals surface area (Å²) in [6.45, 7) is 11.8. The fourth-order valence-corrected chi connectivity index (χ4v) is 4.03. The van der Waals surface area contributed by atoms with E-state index in [4.69, 9.17) is 10.5 Å². The number of ether oxygens (including phenoxy) is 1. The lowest BCUT2D eigenvalue weighted by Crippen LogP contribution is -2.49. The second-order valence-corrected chi connectivity index (χ2v) is 7.42. The van der Waals surface area contributed by atoms with Gasteiger partial charge in [-0.25, -0.2) is 0 Å². The van der Waals surface area contributed by atoms with Gasteiger partial charge in [-0.2, -0.15) is 0 Å². The average molecular weight is 268 g/mol. The van der Waals surface area contributed by atoms with E-state index in [0.29, 0.717) is 17.4 Å². The third kappa shape index (κ3) is 3.32. The predicted molar refractivity (Wildman–Crippen MR) is 80.1 cm³/mol. The Hall–Kier alpha value is -0.120. The highest BCUT2D eigenvalue weighted by molar-refractivity contribution is 4.95. The zero-order chi connectivity index (χ0) is 14.0. The molecule has 2 aliphatic rings. The Bertz CT molecular complexity index is 292. The van der Waals surface area contributed by atoms with Crippen molar-refractivity contribution in [2.24, 2.45) is 28.9 Å². The summed E-state index contributed by atoms with van der Waals surface area (Å²) in [4.78, 5) is 2.65. The van der Waals surface area contributed by atoms with Crippen molar-refractivity contribution in [1.82, 2.24) is 4.90 Å². The lowest BCUT2D eigenvalue weighted by atomic mass is 9.61. The number of nitrogens with zero attached hydrogens (tertiary/aromatic N) is 1. The Labute approximate surface area is 118 Å². The van der Waals surface area contributed by atoms with Gasteiger partial charge in [-0.3, -0.25) is 0 Å². The second-order valence-electron chi connectivity index (χ2n) is 7.42. The molecule has 2 N–H and O–H groups in total. The molecule has 0 aromatic rings. The van der Waals surface area contributed by atoms with Gasteiger partial charge in [-0.1, -0.05) is 20.8 Å². The molecule has 1 aliphatic heterocycles. The first kappa shape index (κ1) is 15.3. The summed E-state index contributed by atoms with van der Waals surface area (Å²) in [7, 11) is 1.82. The van der Waals surface area contributed by atoms with Crippen molar-refractivity contribution >= 4 is 0 Å². The SMILES string of the molecule is COCC1CCN(CC2CCC(N)C(C)C2(C)C)C1. The molecule has 0 radical (unpaired) electrons. The number of likely N-dealkylation sites (tertiary alicyclic amines) is 1. The molecule has 0 spiro atoms. The summed E-state index contributed by atoms with van der Waals surface area (Å²) < 4.78 is 5.29. The van der Waals surface area contributed by atoms with Gasteiger partial charge in [0.1, 0.15) is 0 Å². The maximum Gasteiger partial charge on any atom is 0.0503 e. The molecule has 0 bridgehead atoms. The minimum atomic E-state index is 0.372. The van der Waals surface area contributed by atoms with Crippen LogP contribution in [0.2, 0.25) is 0 Å². The van der Waals surface area contributed by atoms with Crippen LogP contribution < -0.4 is 5.73 Å². The average Bonchev–Trinajstić information content (AvgIpc) is 2.79. The van der Waals surface area contributed by atoms with Crippen LogP contribution in [0.5, 0.6) is 0 Å². The summed E-state index contributed by atoms with van der Waals surface area (Å²) in [6.07, 6.45) is 3.80. The van der Waals surface area contributed by atoms with Crippen LogP contribution >= 0.6 is 0 Å². The van der Waals surface area contributed by atoms with Gasteiger partial charge in [-0.05, 0) is 49.0 Å². The Morgan fingerprint density at radius 2 is 2.00 bits per heavy atom. The summed E-state index contributed by atoms with van der Waals surface area (Å²) in [5.74, 6) is 2.17. The molecule has 112 valence electrons. The van der Waals surface area contributed by atoms with E-state index >= 15 is 0 Å². The molecule has 1 saturated carbocycles. The van der Waals surface area contributed by atoms with E-state index in [9.17, 15) is 0 Å². The van der Waals surface area contributed by atoms with Crippen LogP contribution in [-0.4, -0.2) is 44.3 Å². The topological polar surface area (TPSA) is 38.5 Å². The number of rotatable bonds is 4. The van der Waals surface area contributed by atoms with Gasteiger partial charge in [0.15, 0.2) is 0 Å². The van der Waals surface area contributed by atoms with E-state index in [1.807, 2.05) is 7.11 Å². The van der Waals surface area contributed by atoms with Crippen LogP contribution in [0, 0.1) is 23.2 Å². The molecule has 4 unspecified atom stereocenters. The van der Waals surface area contributed by atoms with E-state index in [-0.39, 0.29) is 0 Å². The van der Waals surface area contributed by atoms with Crippen molar-refractivity contribution in [1.29, 1.82) is 0 Å². The number of methoxy groups -OCH3 is 1. The van der Waals surface area contributed by atoms with Crippen molar-refractivity contribution in [3.05, 3.63) is 0 Å². The molecule has 1 heterocycles. The Morgan fingerprint density at radius 3 is 2.68 bits per heavy atom. The van der Waals surface area contributed by atoms with Crippen molar-refractivity contribution in [2.45, 2.75) is 46.1 Å². The molecule has 0 aromatic carbocycles. The quantitative estimate of drug-likeness (QED) is 0.850. The van der Waals surface area contributed by atoms with Crippen LogP contribution in [0.25, 0.3) is 0 Å². The zero-order valence-corrected chi connectivity index (χ0v) is 13.2. The first-order valence-corrected chi connectivity index (χ1v) is 7.92. The highest BCUT2D eigenvalue weighted by Gasteiger charge is 2.42. The zero-order valence-electron chi connectivity index (χ0n) is 13.2. The lowest BCUT2D eigenvalue weighted by Gasteiger charge is -2.48. The van der Waals surface area contributed by atoms with Crippen LogP contribution in [0.15, 0.2) is 0 Å². The lowest BCUT2D eigenvalue weighted by molar-refractivity contribution is 0.0318. The van der Waals surface area contributed by atoms with Crippen molar-refractivity contribution < 1.29 is 4.74 Å². The molecule has 19 heavy (non-hydrogen) atoms. The maximum absolute atomic E-state index is 6.26. The molecule has 3 nitrogen and oxygen atoms in total. The van der Waals surface area contributed by atoms with Crippen molar-refractivity contribution in [3.63, 3.8) is 0 Å². The Morgan fingerprint density at radius 1 is 1.26 bits per heavy atom. The van der Waals surface area contributed by atoms with Crippen LogP contribution in [0.3, 0.4) is 0 Å². The van der Waals surface area contributed by atoms with E-state index in [0.717, 1.165) is 18.4 Å². The number of hydrogen-bond acceptors (Lipinski definition) is 3. The largest absolute Gasteiger partial charge is 0.384 e. The van der Waals surface area contributed by atoms with Crippen molar-refractivity contribution in [2.75, 3.05) is 33.4 Å². The number of nitrogens with two attached hydrogens (primary N) is 1. The molecular weight excluding hydrogens is 236 g/mol. The monoisotopic (exact) mass is 268 g/mol. The maximum atomic E-state index is 6.26. The summed E-state index contributed by atoms with van der Waals surface area (Å²) in [5, 5.41) is 0. The highest BCUT2D eigenvalue weighted by atomic mass is 16.5. The Balaban J connectivity index is 1.89. The van der Waals surface area contributed by atoms with Crippen LogP contribution in [-0.2, 0) is 4.74 Å². The normalized spacial score (nSPS) is 39.6. The molecule has 4 atom stereocenters. The van der Waals surface area contributed by atoms with Gasteiger partial charge in [0, 0.05) is 26.2 Å². The third-order valence-corrected chi connectivity index (χ3v) is 5.97.